The molecular weight excluding hydrogens is 305 g/mol. The first-order chi connectivity index (χ1) is 9.38. The molecule has 118 valence electrons. The molecule has 0 bridgehead atoms. The highest BCUT2D eigenvalue weighted by molar-refractivity contribution is 5.93. The second-order valence-electron chi connectivity index (χ2n) is 5.04. The van der Waals surface area contributed by atoms with Gasteiger partial charge in [-0.15, -0.1) is 12.4 Å². The molecule has 1 aromatic carbocycles. The fourth-order valence-electron chi connectivity index (χ4n) is 2.25. The van der Waals surface area contributed by atoms with E-state index in [-0.39, 0.29) is 29.9 Å². The molecule has 0 aromatic heterocycles. The molecule has 0 radical (unpaired) electrons. The zero-order chi connectivity index (χ0) is 14.8. The van der Waals surface area contributed by atoms with Crippen molar-refractivity contribution in [1.29, 1.82) is 0 Å². The minimum atomic E-state index is -4.40. The average Bonchev–Trinajstić information content (AvgIpc) is 2.41. The van der Waals surface area contributed by atoms with Crippen LogP contribution in [0.15, 0.2) is 18.2 Å². The van der Waals surface area contributed by atoms with Crippen LogP contribution in [-0.4, -0.2) is 19.0 Å². The predicted octanol–water partition coefficient (Wildman–Crippen LogP) is 3.37. The van der Waals surface area contributed by atoms with Gasteiger partial charge in [-0.25, -0.2) is 0 Å². The van der Waals surface area contributed by atoms with E-state index < -0.39 is 11.7 Å². The van der Waals surface area contributed by atoms with E-state index in [1.807, 2.05) is 0 Å². The van der Waals surface area contributed by atoms with Crippen molar-refractivity contribution in [3.05, 3.63) is 29.3 Å². The van der Waals surface area contributed by atoms with Gasteiger partial charge in [0.2, 0.25) is 5.91 Å². The molecule has 1 amide bonds. The van der Waals surface area contributed by atoms with E-state index in [0.29, 0.717) is 18.4 Å². The standard InChI is InChI=1S/C14H17F3N2O.ClH/c1-9-2-3-11(14(15,16)17)8-12(9)19-13(20)10-4-6-18-7-5-10;/h2-3,8,10,18H,4-7H2,1H3,(H,19,20);1H. The molecule has 7 heteroatoms. The third kappa shape index (κ3) is 4.61. The Morgan fingerprint density at radius 3 is 2.48 bits per heavy atom. The van der Waals surface area contributed by atoms with Gasteiger partial charge in [-0.2, -0.15) is 13.2 Å². The van der Waals surface area contributed by atoms with Gasteiger partial charge >= 0.3 is 6.18 Å². The monoisotopic (exact) mass is 322 g/mol. The van der Waals surface area contributed by atoms with Gasteiger partial charge in [0.15, 0.2) is 0 Å². The molecule has 21 heavy (non-hydrogen) atoms. The molecule has 1 aromatic rings. The van der Waals surface area contributed by atoms with Gasteiger partial charge in [0.1, 0.15) is 0 Å². The summed E-state index contributed by atoms with van der Waals surface area (Å²) in [4.78, 5) is 12.1. The summed E-state index contributed by atoms with van der Waals surface area (Å²) in [5, 5.41) is 5.77. The summed E-state index contributed by atoms with van der Waals surface area (Å²) in [7, 11) is 0. The normalized spacial score (nSPS) is 16.2. The van der Waals surface area contributed by atoms with Crippen molar-refractivity contribution >= 4 is 24.0 Å². The van der Waals surface area contributed by atoms with Crippen molar-refractivity contribution in [2.45, 2.75) is 25.9 Å². The van der Waals surface area contributed by atoms with Gasteiger partial charge in [0, 0.05) is 11.6 Å². The quantitative estimate of drug-likeness (QED) is 0.876. The summed E-state index contributed by atoms with van der Waals surface area (Å²) in [5.41, 5.74) is 0.118. The highest BCUT2D eigenvalue weighted by atomic mass is 35.5. The lowest BCUT2D eigenvalue weighted by molar-refractivity contribution is -0.137. The molecular formula is C14H18ClF3N2O. The number of amides is 1. The number of anilines is 1. The van der Waals surface area contributed by atoms with Crippen LogP contribution in [0.5, 0.6) is 0 Å². The summed E-state index contributed by atoms with van der Waals surface area (Å²) in [6, 6.07) is 3.39. The molecule has 1 saturated heterocycles. The van der Waals surface area contributed by atoms with Gasteiger partial charge < -0.3 is 10.6 Å². The average molecular weight is 323 g/mol. The minimum absolute atomic E-state index is 0. The number of aryl methyl sites for hydroxylation is 1. The van der Waals surface area contributed by atoms with Crippen LogP contribution in [0, 0.1) is 12.8 Å². The van der Waals surface area contributed by atoms with Crippen molar-refractivity contribution < 1.29 is 18.0 Å². The third-order valence-corrected chi connectivity index (χ3v) is 3.53. The van der Waals surface area contributed by atoms with Crippen molar-refractivity contribution in [2.75, 3.05) is 18.4 Å². The molecule has 0 aliphatic carbocycles. The number of carbonyl (C=O) groups is 1. The summed E-state index contributed by atoms with van der Waals surface area (Å²) in [5.74, 6) is -0.334. The lowest BCUT2D eigenvalue weighted by Gasteiger charge is -2.22. The number of hydrogen-bond donors (Lipinski definition) is 2. The molecule has 0 atom stereocenters. The second kappa shape index (κ2) is 7.13. The summed E-state index contributed by atoms with van der Waals surface area (Å²) >= 11 is 0. The molecule has 0 saturated carbocycles. The highest BCUT2D eigenvalue weighted by Gasteiger charge is 2.31. The van der Waals surface area contributed by atoms with Crippen LogP contribution in [0.1, 0.15) is 24.0 Å². The Hall–Kier alpha value is -1.27. The Bertz CT molecular complexity index is 499. The Labute approximate surface area is 127 Å². The molecule has 1 heterocycles. The van der Waals surface area contributed by atoms with E-state index in [4.69, 9.17) is 0 Å². The number of benzene rings is 1. The van der Waals surface area contributed by atoms with Crippen LogP contribution >= 0.6 is 12.4 Å². The van der Waals surface area contributed by atoms with Crippen LogP contribution in [0.25, 0.3) is 0 Å². The number of rotatable bonds is 2. The molecule has 0 unspecified atom stereocenters. The maximum Gasteiger partial charge on any atom is 0.416 e. The van der Waals surface area contributed by atoms with Crippen molar-refractivity contribution in [1.82, 2.24) is 5.32 Å². The van der Waals surface area contributed by atoms with Gasteiger partial charge in [-0.1, -0.05) is 6.07 Å². The number of carbonyl (C=O) groups excluding carboxylic acids is 1. The van der Waals surface area contributed by atoms with E-state index in [2.05, 4.69) is 10.6 Å². The van der Waals surface area contributed by atoms with Gasteiger partial charge in [-0.05, 0) is 50.6 Å². The topological polar surface area (TPSA) is 41.1 Å². The Balaban J connectivity index is 0.00000220. The van der Waals surface area contributed by atoms with E-state index in [1.54, 1.807) is 6.92 Å². The Morgan fingerprint density at radius 1 is 1.29 bits per heavy atom. The summed E-state index contributed by atoms with van der Waals surface area (Å²) in [6.07, 6.45) is -2.98. The van der Waals surface area contributed by atoms with Crippen LogP contribution in [-0.2, 0) is 11.0 Å². The van der Waals surface area contributed by atoms with Gasteiger partial charge in [-0.3, -0.25) is 4.79 Å². The van der Waals surface area contributed by atoms with Gasteiger partial charge in [0.05, 0.1) is 5.56 Å². The lowest BCUT2D eigenvalue weighted by Crippen LogP contribution is -2.34. The van der Waals surface area contributed by atoms with Crippen molar-refractivity contribution in [3.8, 4) is 0 Å². The zero-order valence-corrected chi connectivity index (χ0v) is 12.4. The molecule has 1 aliphatic rings. The minimum Gasteiger partial charge on any atom is -0.326 e. The third-order valence-electron chi connectivity index (χ3n) is 3.53. The van der Waals surface area contributed by atoms with Crippen LogP contribution in [0.2, 0.25) is 0 Å². The number of nitrogens with one attached hydrogen (secondary N) is 2. The van der Waals surface area contributed by atoms with Gasteiger partial charge in [0.25, 0.3) is 0 Å². The smallest absolute Gasteiger partial charge is 0.326 e. The SMILES string of the molecule is Cc1ccc(C(F)(F)F)cc1NC(=O)C1CCNCC1.Cl. The number of alkyl halides is 3. The van der Waals surface area contributed by atoms with E-state index in [9.17, 15) is 18.0 Å². The van der Waals surface area contributed by atoms with E-state index >= 15 is 0 Å². The second-order valence-corrected chi connectivity index (χ2v) is 5.04. The summed E-state index contributed by atoms with van der Waals surface area (Å²) < 4.78 is 38.0. The molecule has 1 fully saturated rings. The number of hydrogen-bond acceptors (Lipinski definition) is 2. The van der Waals surface area contributed by atoms with Crippen molar-refractivity contribution in [3.63, 3.8) is 0 Å². The lowest BCUT2D eigenvalue weighted by atomic mass is 9.97. The molecule has 1 aliphatic heterocycles. The van der Waals surface area contributed by atoms with E-state index in [1.165, 1.54) is 6.07 Å². The molecule has 3 nitrogen and oxygen atoms in total. The fraction of sp³-hybridized carbons (Fsp3) is 0.500. The first-order valence-corrected chi connectivity index (χ1v) is 6.57. The molecule has 0 spiro atoms. The Kier molecular flexibility index (Phi) is 6.04. The van der Waals surface area contributed by atoms with Crippen LogP contribution in [0.3, 0.4) is 0 Å². The number of halogens is 4. The number of piperidine rings is 1. The summed E-state index contributed by atoms with van der Waals surface area (Å²) in [6.45, 7) is 3.21. The van der Waals surface area contributed by atoms with Crippen LogP contribution < -0.4 is 10.6 Å². The first-order valence-electron chi connectivity index (χ1n) is 6.57. The van der Waals surface area contributed by atoms with Crippen molar-refractivity contribution in [2.24, 2.45) is 5.92 Å². The maximum absolute atomic E-state index is 12.7. The molecule has 2 rings (SSSR count). The highest BCUT2D eigenvalue weighted by Crippen LogP contribution is 2.32. The fourth-order valence-corrected chi connectivity index (χ4v) is 2.25. The first kappa shape index (κ1) is 17.8. The maximum atomic E-state index is 12.7. The predicted molar refractivity (Wildman–Crippen MR) is 77.7 cm³/mol. The Morgan fingerprint density at radius 2 is 1.90 bits per heavy atom. The van der Waals surface area contributed by atoms with Crippen LogP contribution in [0.4, 0.5) is 18.9 Å². The van der Waals surface area contributed by atoms with E-state index in [0.717, 1.165) is 25.2 Å². The largest absolute Gasteiger partial charge is 0.416 e. The zero-order valence-electron chi connectivity index (χ0n) is 11.6. The molecule has 2 N–H and O–H groups in total.